The van der Waals surface area contributed by atoms with E-state index in [1.54, 1.807) is 6.92 Å². The molecule has 0 saturated heterocycles. The lowest BCUT2D eigenvalue weighted by atomic mass is 9.38. The van der Waals surface area contributed by atoms with Gasteiger partial charge in [-0.2, -0.15) is 0 Å². The van der Waals surface area contributed by atoms with Gasteiger partial charge in [0.2, 0.25) is 0 Å². The predicted molar refractivity (Wildman–Crippen MR) is 119 cm³/mol. The molecule has 2 aromatic rings. The van der Waals surface area contributed by atoms with Crippen molar-refractivity contribution in [2.75, 3.05) is 6.61 Å². The first-order chi connectivity index (χ1) is 16.1. The Hall–Kier alpha value is -2.71. The topological polar surface area (TPSA) is 84.9 Å². The molecule has 3 saturated carbocycles. The zero-order valence-corrected chi connectivity index (χ0v) is 19.3. The van der Waals surface area contributed by atoms with Crippen LogP contribution in [0.2, 0.25) is 5.02 Å². The van der Waals surface area contributed by atoms with Crippen LogP contribution in [0.25, 0.3) is 0 Å². The molecule has 1 aliphatic heterocycles. The van der Waals surface area contributed by atoms with E-state index in [9.17, 15) is 23.5 Å². The molecule has 6 rings (SSSR count). The molecule has 2 atom stereocenters. The minimum absolute atomic E-state index is 0.0214. The van der Waals surface area contributed by atoms with Crippen LogP contribution in [0.1, 0.15) is 49.3 Å². The number of aryl methyl sites for hydroxylation is 1. The number of aliphatic hydroxyl groups excluding tert-OH is 1. The first-order valence-electron chi connectivity index (χ1n) is 11.1. The van der Waals surface area contributed by atoms with Gasteiger partial charge in [-0.3, -0.25) is 9.59 Å². The molecule has 34 heavy (non-hydrogen) atoms. The fraction of sp³-hybridized carbons (Fsp3) is 0.440. The Labute approximate surface area is 200 Å². The number of nitrogens with one attached hydrogen (secondary N) is 1. The maximum absolute atomic E-state index is 13.8. The highest BCUT2D eigenvalue weighted by molar-refractivity contribution is 6.30. The maximum atomic E-state index is 13.8. The minimum atomic E-state index is -0.958. The van der Waals surface area contributed by atoms with E-state index >= 15 is 0 Å². The van der Waals surface area contributed by atoms with E-state index in [0.717, 1.165) is 6.07 Å². The summed E-state index contributed by atoms with van der Waals surface area (Å²) in [4.78, 5) is 25.2. The second-order valence-corrected chi connectivity index (χ2v) is 10.3. The lowest BCUT2D eigenvalue weighted by Crippen LogP contribution is -2.75. The van der Waals surface area contributed by atoms with Gasteiger partial charge in [0.25, 0.3) is 5.91 Å². The van der Waals surface area contributed by atoms with Gasteiger partial charge in [-0.15, -0.1) is 0 Å². The summed E-state index contributed by atoms with van der Waals surface area (Å²) in [5, 5.41) is 13.3. The number of carbonyl (C=O) groups is 2. The number of ether oxygens (including phenoxy) is 2. The van der Waals surface area contributed by atoms with Crippen molar-refractivity contribution in [1.29, 1.82) is 0 Å². The second kappa shape index (κ2) is 8.20. The van der Waals surface area contributed by atoms with Crippen LogP contribution in [-0.2, 0) is 9.59 Å². The molecule has 4 aliphatic rings. The van der Waals surface area contributed by atoms with Gasteiger partial charge in [-0.1, -0.05) is 11.6 Å². The molecule has 3 fully saturated rings. The van der Waals surface area contributed by atoms with Crippen LogP contribution < -0.4 is 14.8 Å². The number of halogens is 3. The number of carbonyl (C=O) groups excluding carboxylic acids is 2. The smallest absolute Gasteiger partial charge is 0.258 e. The number of rotatable bonds is 7. The Morgan fingerprint density at radius 1 is 1.21 bits per heavy atom. The third-order valence-electron chi connectivity index (χ3n) is 7.07. The second-order valence-electron chi connectivity index (χ2n) is 9.86. The van der Waals surface area contributed by atoms with Gasteiger partial charge in [-0.05, 0) is 61.4 Å². The van der Waals surface area contributed by atoms with Gasteiger partial charge in [0.15, 0.2) is 18.5 Å². The van der Waals surface area contributed by atoms with Gasteiger partial charge in [0.1, 0.15) is 23.1 Å². The number of fused-ring (bicyclic) bond motifs is 1. The Kier molecular flexibility index (Phi) is 5.56. The van der Waals surface area contributed by atoms with Crippen LogP contribution in [-0.4, -0.2) is 35.0 Å². The van der Waals surface area contributed by atoms with Crippen molar-refractivity contribution in [3.8, 4) is 11.5 Å². The molecule has 1 heterocycles. The van der Waals surface area contributed by atoms with Gasteiger partial charge >= 0.3 is 0 Å². The lowest BCUT2D eigenvalue weighted by Gasteiger charge is -2.70. The van der Waals surface area contributed by atoms with E-state index < -0.39 is 23.8 Å². The third-order valence-corrected chi connectivity index (χ3v) is 7.38. The summed E-state index contributed by atoms with van der Waals surface area (Å²) in [7, 11) is 0. The van der Waals surface area contributed by atoms with E-state index in [1.165, 1.54) is 24.3 Å². The summed E-state index contributed by atoms with van der Waals surface area (Å²) < 4.78 is 38.4. The van der Waals surface area contributed by atoms with Gasteiger partial charge in [-0.25, -0.2) is 8.78 Å². The number of hydrogen-bond acceptors (Lipinski definition) is 5. The molecule has 1 amide bonds. The Morgan fingerprint density at radius 3 is 2.65 bits per heavy atom. The predicted octanol–water partition coefficient (Wildman–Crippen LogP) is 4.19. The summed E-state index contributed by atoms with van der Waals surface area (Å²) >= 11 is 5.63. The molecule has 180 valence electrons. The Balaban J connectivity index is 1.11. The van der Waals surface area contributed by atoms with E-state index in [0.29, 0.717) is 42.6 Å². The summed E-state index contributed by atoms with van der Waals surface area (Å²) in [6, 6.07) is 6.74. The highest BCUT2D eigenvalue weighted by Crippen LogP contribution is 2.69. The van der Waals surface area contributed by atoms with Crippen LogP contribution in [0.5, 0.6) is 11.5 Å². The number of hydrogen-bond donors (Lipinski definition) is 2. The monoisotopic (exact) mass is 491 g/mol. The van der Waals surface area contributed by atoms with Crippen molar-refractivity contribution < 1.29 is 33.0 Å². The minimum Gasteiger partial charge on any atom is -0.484 e. The fourth-order valence-electron chi connectivity index (χ4n) is 5.61. The van der Waals surface area contributed by atoms with Crippen molar-refractivity contribution in [2.45, 2.75) is 56.8 Å². The average Bonchev–Trinajstić information content (AvgIpc) is 2.73. The van der Waals surface area contributed by atoms with Crippen LogP contribution in [0.3, 0.4) is 0 Å². The molecule has 0 radical (unpaired) electrons. The van der Waals surface area contributed by atoms with Crippen molar-refractivity contribution in [3.63, 3.8) is 0 Å². The molecular weight excluding hydrogens is 468 g/mol. The van der Waals surface area contributed by atoms with Gasteiger partial charge in [0.05, 0.1) is 11.1 Å². The van der Waals surface area contributed by atoms with Crippen molar-refractivity contribution in [3.05, 3.63) is 58.1 Å². The molecule has 2 bridgehead atoms. The van der Waals surface area contributed by atoms with Crippen molar-refractivity contribution in [2.24, 2.45) is 5.41 Å². The first kappa shape index (κ1) is 23.1. The number of ketones is 1. The summed E-state index contributed by atoms with van der Waals surface area (Å²) in [6.45, 7) is 1.35. The zero-order chi connectivity index (χ0) is 24.3. The molecule has 9 heteroatoms. The number of aliphatic hydroxyl groups is 1. The molecule has 0 unspecified atom stereocenters. The zero-order valence-electron chi connectivity index (χ0n) is 18.5. The molecule has 0 aromatic heterocycles. The normalized spacial score (nSPS) is 28.6. The van der Waals surface area contributed by atoms with Crippen LogP contribution in [0, 0.1) is 24.0 Å². The van der Waals surface area contributed by atoms with E-state index in [4.69, 9.17) is 21.1 Å². The number of benzene rings is 2. The fourth-order valence-corrected chi connectivity index (χ4v) is 5.73. The van der Waals surface area contributed by atoms with Crippen LogP contribution >= 0.6 is 11.6 Å². The highest BCUT2D eigenvalue weighted by Gasteiger charge is 2.68. The molecule has 2 aromatic carbocycles. The average molecular weight is 492 g/mol. The largest absolute Gasteiger partial charge is 0.484 e. The molecule has 0 spiro atoms. The quantitative estimate of drug-likeness (QED) is 0.606. The van der Waals surface area contributed by atoms with E-state index in [1.807, 2.05) is 0 Å². The Bertz CT molecular complexity index is 1170. The van der Waals surface area contributed by atoms with Crippen LogP contribution in [0.4, 0.5) is 8.78 Å². The van der Waals surface area contributed by atoms with E-state index in [2.05, 4.69) is 5.32 Å². The highest BCUT2D eigenvalue weighted by atomic mass is 35.5. The summed E-state index contributed by atoms with van der Waals surface area (Å²) in [5.41, 5.74) is 0.252. The van der Waals surface area contributed by atoms with Crippen molar-refractivity contribution in [1.82, 2.24) is 5.32 Å². The first-order valence-corrected chi connectivity index (χ1v) is 11.5. The summed E-state index contributed by atoms with van der Waals surface area (Å²) in [6.07, 6.45) is 0.712. The molecular formula is C25H24ClF2NO5. The molecule has 3 aliphatic carbocycles. The maximum Gasteiger partial charge on any atom is 0.258 e. The van der Waals surface area contributed by atoms with E-state index in [-0.39, 0.29) is 46.4 Å². The van der Waals surface area contributed by atoms with Gasteiger partial charge in [0, 0.05) is 30.0 Å². The number of amides is 1. The van der Waals surface area contributed by atoms with Gasteiger partial charge < -0.3 is 19.9 Å². The van der Waals surface area contributed by atoms with Crippen LogP contribution in [0.15, 0.2) is 30.3 Å². The van der Waals surface area contributed by atoms with Crippen molar-refractivity contribution >= 4 is 23.3 Å². The molecule has 2 N–H and O–H groups in total. The summed E-state index contributed by atoms with van der Waals surface area (Å²) in [5.74, 6) is -0.889. The standard InChI is InChI=1S/C25H24ClF2NO5/c1-13-4-21-15(6-17(13)27)19(30)7-22(34-21)20(31)8-24-10-25(11-24,12-24)29-23(32)9-33-14-2-3-16(26)18(28)5-14/h2-6,19,22,30H,7-12H2,1H3,(H,29,32)/t19-,22-,24?,25?/m1/s1. The SMILES string of the molecule is Cc1cc2c(cc1F)[C@H](O)C[C@H](C(=O)CC13CC(NC(=O)COc4ccc(Cl)c(F)c4)(C1)C3)O2. The number of Topliss-reactive ketones (excluding diaryl/α,β-unsaturated/α-hetero) is 1. The molecule has 6 nitrogen and oxygen atoms in total. The Morgan fingerprint density at radius 2 is 1.94 bits per heavy atom. The third kappa shape index (κ3) is 4.14. The lowest BCUT2D eigenvalue weighted by molar-refractivity contribution is -0.175.